The van der Waals surface area contributed by atoms with E-state index in [0.717, 1.165) is 19.3 Å². The van der Waals surface area contributed by atoms with Crippen LogP contribution in [0.5, 0.6) is 0 Å². The summed E-state index contributed by atoms with van der Waals surface area (Å²) in [6, 6.07) is 2.72. The molecule has 1 fully saturated rings. The second kappa shape index (κ2) is 5.97. The molecule has 2 rings (SSSR count). The molecule has 1 N–H and O–H groups in total. The van der Waals surface area contributed by atoms with Crippen molar-refractivity contribution in [2.45, 2.75) is 31.3 Å². The van der Waals surface area contributed by atoms with Gasteiger partial charge in [0, 0.05) is 13.1 Å². The zero-order chi connectivity index (χ0) is 14.8. The fraction of sp³-hybridized carbons (Fsp3) is 0.615. The maximum atomic E-state index is 12.3. The number of furan rings is 1. The fourth-order valence-electron chi connectivity index (χ4n) is 2.42. The number of likely N-dealkylation sites (tertiary alicyclic amines) is 1. The van der Waals surface area contributed by atoms with Crippen molar-refractivity contribution in [1.82, 2.24) is 9.62 Å². The van der Waals surface area contributed by atoms with Crippen molar-refractivity contribution in [3.63, 3.8) is 0 Å². The van der Waals surface area contributed by atoms with Gasteiger partial charge in [-0.15, -0.1) is 0 Å². The number of nitrogens with zero attached hydrogens (tertiary/aromatic N) is 1. The maximum absolute atomic E-state index is 12.3. The Morgan fingerprint density at radius 2 is 2.25 bits per heavy atom. The summed E-state index contributed by atoms with van der Waals surface area (Å²) in [5.41, 5.74) is 0. The molecule has 1 aliphatic heterocycles. The molecule has 0 radical (unpaired) electrons. The van der Waals surface area contributed by atoms with E-state index in [-0.39, 0.29) is 16.8 Å². The van der Waals surface area contributed by atoms with E-state index in [1.165, 1.54) is 19.2 Å². The first-order valence-corrected chi connectivity index (χ1v) is 8.29. The molecule has 1 atom stereocenters. The Kier molecular flexibility index (Phi) is 4.49. The highest BCUT2D eigenvalue weighted by atomic mass is 32.2. The Morgan fingerprint density at radius 3 is 2.90 bits per heavy atom. The van der Waals surface area contributed by atoms with Gasteiger partial charge >= 0.3 is 0 Å². The van der Waals surface area contributed by atoms with Gasteiger partial charge in [-0.25, -0.2) is 13.1 Å². The Hall–Kier alpha value is -1.34. The Labute approximate surface area is 119 Å². The minimum atomic E-state index is -3.64. The first kappa shape index (κ1) is 15.1. The van der Waals surface area contributed by atoms with E-state index < -0.39 is 10.0 Å². The molecule has 1 aromatic rings. The Bertz CT molecular complexity index is 579. The average Bonchev–Trinajstić information content (AvgIpc) is 2.97. The van der Waals surface area contributed by atoms with Gasteiger partial charge < -0.3 is 9.32 Å². The second-order valence-corrected chi connectivity index (χ2v) is 6.81. The molecule has 1 saturated heterocycles. The number of nitrogens with one attached hydrogen (secondary N) is 1. The van der Waals surface area contributed by atoms with Crippen LogP contribution in [-0.2, 0) is 10.0 Å². The van der Waals surface area contributed by atoms with Gasteiger partial charge in [0.1, 0.15) is 0 Å². The lowest BCUT2D eigenvalue weighted by Gasteiger charge is -2.31. The second-order valence-electron chi connectivity index (χ2n) is 4.99. The van der Waals surface area contributed by atoms with E-state index in [1.807, 2.05) is 0 Å². The standard InChI is InChI=1S/C13H20N2O4S/c1-3-10-5-4-8-15(9-10)13(16)11-6-7-12(19-11)20(17,18)14-2/h6-7,10,14H,3-5,8-9H2,1-2H3. The molecule has 0 saturated carbocycles. The summed E-state index contributed by atoms with van der Waals surface area (Å²) in [6.45, 7) is 3.53. The normalized spacial score (nSPS) is 20.1. The van der Waals surface area contributed by atoms with Crippen LogP contribution in [0.2, 0.25) is 0 Å². The number of amides is 1. The summed E-state index contributed by atoms with van der Waals surface area (Å²) in [6.07, 6.45) is 3.16. The van der Waals surface area contributed by atoms with Gasteiger partial charge in [-0.3, -0.25) is 4.79 Å². The first-order valence-electron chi connectivity index (χ1n) is 6.80. The minimum Gasteiger partial charge on any atom is -0.438 e. The van der Waals surface area contributed by atoms with Crippen LogP contribution >= 0.6 is 0 Å². The van der Waals surface area contributed by atoms with E-state index in [4.69, 9.17) is 4.42 Å². The van der Waals surface area contributed by atoms with Gasteiger partial charge in [0.25, 0.3) is 15.9 Å². The molecule has 2 heterocycles. The SMILES string of the molecule is CCC1CCCN(C(=O)c2ccc(S(=O)(=O)NC)o2)C1. The van der Waals surface area contributed by atoms with Gasteiger partial charge in [0.15, 0.2) is 5.76 Å². The van der Waals surface area contributed by atoms with Crippen LogP contribution in [0, 0.1) is 5.92 Å². The molecule has 1 amide bonds. The number of hydrogen-bond acceptors (Lipinski definition) is 4. The molecule has 112 valence electrons. The monoisotopic (exact) mass is 300 g/mol. The average molecular weight is 300 g/mol. The lowest BCUT2D eigenvalue weighted by atomic mass is 9.95. The van der Waals surface area contributed by atoms with Crippen LogP contribution in [0.15, 0.2) is 21.6 Å². The third kappa shape index (κ3) is 3.04. The highest BCUT2D eigenvalue weighted by molar-refractivity contribution is 7.89. The molecule has 0 spiro atoms. The highest BCUT2D eigenvalue weighted by Gasteiger charge is 2.27. The number of piperidine rings is 1. The molecule has 6 nitrogen and oxygen atoms in total. The lowest BCUT2D eigenvalue weighted by Crippen LogP contribution is -2.39. The van der Waals surface area contributed by atoms with E-state index >= 15 is 0 Å². The smallest absolute Gasteiger partial charge is 0.289 e. The molecule has 20 heavy (non-hydrogen) atoms. The maximum Gasteiger partial charge on any atom is 0.289 e. The largest absolute Gasteiger partial charge is 0.438 e. The number of carbonyl (C=O) groups is 1. The number of sulfonamides is 1. The third-order valence-electron chi connectivity index (χ3n) is 3.71. The third-order valence-corrected chi connectivity index (χ3v) is 5.00. The summed E-state index contributed by atoms with van der Waals surface area (Å²) >= 11 is 0. The van der Waals surface area contributed by atoms with Gasteiger partial charge in [-0.05, 0) is 37.9 Å². The molecule has 1 unspecified atom stereocenters. The topological polar surface area (TPSA) is 79.6 Å². The quantitative estimate of drug-likeness (QED) is 0.912. The van der Waals surface area contributed by atoms with Crippen molar-refractivity contribution >= 4 is 15.9 Å². The van der Waals surface area contributed by atoms with Gasteiger partial charge in [0.2, 0.25) is 5.09 Å². The minimum absolute atomic E-state index is 0.0792. The van der Waals surface area contributed by atoms with E-state index in [1.54, 1.807) is 4.90 Å². The van der Waals surface area contributed by atoms with Crippen molar-refractivity contribution in [2.75, 3.05) is 20.1 Å². The van der Waals surface area contributed by atoms with Crippen molar-refractivity contribution in [1.29, 1.82) is 0 Å². The molecular weight excluding hydrogens is 280 g/mol. The molecule has 1 aliphatic rings. The van der Waals surface area contributed by atoms with Crippen LogP contribution in [0.3, 0.4) is 0 Å². The van der Waals surface area contributed by atoms with Crippen molar-refractivity contribution in [3.05, 3.63) is 17.9 Å². The summed E-state index contributed by atoms with van der Waals surface area (Å²) in [7, 11) is -2.34. The lowest BCUT2D eigenvalue weighted by molar-refractivity contribution is 0.0633. The molecule has 7 heteroatoms. The molecule has 0 aliphatic carbocycles. The number of rotatable bonds is 4. The van der Waals surface area contributed by atoms with Crippen LogP contribution in [0.1, 0.15) is 36.7 Å². The van der Waals surface area contributed by atoms with Crippen LogP contribution < -0.4 is 4.72 Å². The van der Waals surface area contributed by atoms with Crippen LogP contribution in [-0.4, -0.2) is 39.4 Å². The van der Waals surface area contributed by atoms with Crippen molar-refractivity contribution in [3.8, 4) is 0 Å². The van der Waals surface area contributed by atoms with Crippen molar-refractivity contribution in [2.24, 2.45) is 5.92 Å². The van der Waals surface area contributed by atoms with Crippen LogP contribution in [0.25, 0.3) is 0 Å². The number of carbonyl (C=O) groups excluding carboxylic acids is 1. The Morgan fingerprint density at radius 1 is 1.50 bits per heavy atom. The molecule has 0 aromatic carbocycles. The van der Waals surface area contributed by atoms with E-state index in [2.05, 4.69) is 11.6 Å². The van der Waals surface area contributed by atoms with E-state index in [9.17, 15) is 13.2 Å². The summed E-state index contributed by atoms with van der Waals surface area (Å²) in [4.78, 5) is 14.0. The summed E-state index contributed by atoms with van der Waals surface area (Å²) in [5, 5.41) is -0.229. The fourth-order valence-corrected chi connectivity index (χ4v) is 3.07. The van der Waals surface area contributed by atoms with E-state index in [0.29, 0.717) is 19.0 Å². The van der Waals surface area contributed by atoms with Gasteiger partial charge in [0.05, 0.1) is 0 Å². The zero-order valence-corrected chi connectivity index (χ0v) is 12.6. The molecular formula is C13H20N2O4S. The van der Waals surface area contributed by atoms with Crippen LogP contribution in [0.4, 0.5) is 0 Å². The van der Waals surface area contributed by atoms with Crippen molar-refractivity contribution < 1.29 is 17.6 Å². The molecule has 1 aromatic heterocycles. The Balaban J connectivity index is 2.14. The summed E-state index contributed by atoms with van der Waals surface area (Å²) < 4.78 is 30.5. The predicted octanol–water partition coefficient (Wildman–Crippen LogP) is 1.45. The zero-order valence-electron chi connectivity index (χ0n) is 11.8. The number of hydrogen-bond donors (Lipinski definition) is 1. The van der Waals surface area contributed by atoms with Gasteiger partial charge in [-0.2, -0.15) is 0 Å². The molecule has 0 bridgehead atoms. The highest BCUT2D eigenvalue weighted by Crippen LogP contribution is 2.22. The van der Waals surface area contributed by atoms with Gasteiger partial charge in [-0.1, -0.05) is 13.3 Å². The summed E-state index contributed by atoms with van der Waals surface area (Å²) in [5.74, 6) is 0.361. The predicted molar refractivity (Wildman–Crippen MR) is 73.9 cm³/mol. The first-order chi connectivity index (χ1) is 9.47.